The molecule has 158 valence electrons. The van der Waals surface area contributed by atoms with Gasteiger partial charge in [-0.1, -0.05) is 119 Å². The molecule has 0 bridgehead atoms. The van der Waals surface area contributed by atoms with Gasteiger partial charge in [0.05, 0.1) is 0 Å². The Morgan fingerprint density at radius 1 is 1.00 bits per heavy atom. The van der Waals surface area contributed by atoms with Crippen molar-refractivity contribution in [1.82, 2.24) is 0 Å². The van der Waals surface area contributed by atoms with Crippen molar-refractivity contribution < 1.29 is 4.79 Å². The highest BCUT2D eigenvalue weighted by Gasteiger charge is 2.32. The number of rotatable bonds is 6. The summed E-state index contributed by atoms with van der Waals surface area (Å²) in [4.78, 5) is 14.8. The van der Waals surface area contributed by atoms with Crippen molar-refractivity contribution >= 4 is 22.5 Å². The molecule has 2 atom stereocenters. The van der Waals surface area contributed by atoms with Crippen molar-refractivity contribution in [3.63, 3.8) is 0 Å². The summed E-state index contributed by atoms with van der Waals surface area (Å²) in [6, 6.07) is 21.1. The Balaban J connectivity index is 2.02. The molecule has 0 radical (unpaired) electrons. The molecule has 0 saturated carbocycles. The predicted octanol–water partition coefficient (Wildman–Crippen LogP) is 8.11. The number of thioether (sulfide) groups is 1. The molecule has 3 rings (SSSR count). The number of allylic oxidation sites excluding steroid dienone is 4. The summed E-state index contributed by atoms with van der Waals surface area (Å²) in [6.45, 7) is 11.0. The van der Waals surface area contributed by atoms with Gasteiger partial charge in [0.2, 0.25) is 0 Å². The fourth-order valence-corrected chi connectivity index (χ4v) is 5.48. The highest BCUT2D eigenvalue weighted by atomic mass is 32.2. The van der Waals surface area contributed by atoms with E-state index in [9.17, 15) is 4.79 Å². The van der Waals surface area contributed by atoms with Gasteiger partial charge in [0, 0.05) is 16.7 Å². The third-order valence-electron chi connectivity index (χ3n) is 5.68. The third-order valence-corrected chi connectivity index (χ3v) is 6.90. The van der Waals surface area contributed by atoms with Crippen LogP contribution in [0.1, 0.15) is 64.5 Å². The molecule has 0 amide bonds. The molecular weight excluding hydrogens is 384 g/mol. The van der Waals surface area contributed by atoms with Crippen LogP contribution in [0.25, 0.3) is 5.57 Å². The van der Waals surface area contributed by atoms with E-state index < -0.39 is 0 Å². The Morgan fingerprint density at radius 3 is 2.17 bits per heavy atom. The molecule has 1 nitrogen and oxygen atoms in total. The van der Waals surface area contributed by atoms with Gasteiger partial charge in [-0.05, 0) is 40.9 Å². The number of benzene rings is 2. The lowest BCUT2D eigenvalue weighted by Gasteiger charge is -2.30. The molecule has 2 heteroatoms. The van der Waals surface area contributed by atoms with Gasteiger partial charge in [-0.15, -0.1) is 0 Å². The maximum absolute atomic E-state index is 13.6. The first-order valence-corrected chi connectivity index (χ1v) is 11.8. The number of carbonyl (C=O) groups excluding carboxylic acids is 1. The van der Waals surface area contributed by atoms with E-state index in [1.807, 2.05) is 6.07 Å². The van der Waals surface area contributed by atoms with Gasteiger partial charge in [0.15, 0.2) is 5.12 Å². The molecule has 1 aliphatic rings. The van der Waals surface area contributed by atoms with Crippen LogP contribution in [-0.2, 0) is 4.79 Å². The molecule has 0 N–H and O–H groups in total. The van der Waals surface area contributed by atoms with E-state index in [4.69, 9.17) is 0 Å². The van der Waals surface area contributed by atoms with Crippen LogP contribution in [0.3, 0.4) is 0 Å². The molecule has 0 aliphatic heterocycles. The molecule has 0 saturated heterocycles. The van der Waals surface area contributed by atoms with E-state index in [0.717, 1.165) is 12.8 Å². The van der Waals surface area contributed by atoms with Crippen LogP contribution in [0.5, 0.6) is 0 Å². The molecule has 1 aliphatic carbocycles. The second kappa shape index (κ2) is 9.83. The molecular formula is C28H34OS. The summed E-state index contributed by atoms with van der Waals surface area (Å²) >= 11 is 1.49. The minimum atomic E-state index is 0.0573. The van der Waals surface area contributed by atoms with Crippen molar-refractivity contribution in [3.8, 4) is 0 Å². The van der Waals surface area contributed by atoms with Crippen LogP contribution < -0.4 is 0 Å². The molecule has 2 aromatic rings. The number of hydrogen-bond acceptors (Lipinski definition) is 2. The predicted molar refractivity (Wildman–Crippen MR) is 131 cm³/mol. The smallest absolute Gasteiger partial charge is 0.196 e. The molecule has 2 unspecified atom stereocenters. The van der Waals surface area contributed by atoms with Crippen molar-refractivity contribution in [2.45, 2.75) is 53.4 Å². The summed E-state index contributed by atoms with van der Waals surface area (Å²) in [5.41, 5.74) is 3.78. The summed E-state index contributed by atoms with van der Waals surface area (Å²) < 4.78 is 0. The largest absolute Gasteiger partial charge is 0.287 e. The van der Waals surface area contributed by atoms with Gasteiger partial charge in [-0.25, -0.2) is 0 Å². The topological polar surface area (TPSA) is 17.1 Å². The van der Waals surface area contributed by atoms with Crippen molar-refractivity contribution in [1.29, 1.82) is 0 Å². The number of hydrogen-bond donors (Lipinski definition) is 0. The van der Waals surface area contributed by atoms with E-state index in [2.05, 4.69) is 101 Å². The van der Waals surface area contributed by atoms with Crippen LogP contribution in [-0.4, -0.2) is 5.12 Å². The second-order valence-electron chi connectivity index (χ2n) is 9.78. The average Bonchev–Trinajstić information content (AvgIpc) is 2.72. The highest BCUT2D eigenvalue weighted by molar-refractivity contribution is 8.17. The molecule has 30 heavy (non-hydrogen) atoms. The zero-order valence-electron chi connectivity index (χ0n) is 18.9. The van der Waals surface area contributed by atoms with E-state index >= 15 is 0 Å². The lowest BCUT2D eigenvalue weighted by Crippen LogP contribution is -2.24. The van der Waals surface area contributed by atoms with Gasteiger partial charge >= 0.3 is 0 Å². The Kier molecular flexibility index (Phi) is 7.41. The maximum atomic E-state index is 13.6. The Morgan fingerprint density at radius 2 is 1.60 bits per heavy atom. The third kappa shape index (κ3) is 5.76. The SMILES string of the molecule is CC(C)C(CC(C)(C)C)C(=O)SC1=C(c2ccccc2)C=CCC1c1ccccc1. The van der Waals surface area contributed by atoms with E-state index in [0.29, 0.717) is 11.0 Å². The molecule has 0 spiro atoms. The van der Waals surface area contributed by atoms with Gasteiger partial charge < -0.3 is 0 Å². The molecule has 2 aromatic carbocycles. The van der Waals surface area contributed by atoms with E-state index in [1.54, 1.807) is 0 Å². The standard InChI is InChI=1S/C28H34OS/c1-20(2)25(19-28(3,4)5)27(29)30-26-23(21-13-8-6-9-14-21)17-12-18-24(26)22-15-10-7-11-16-22/h6-17,20,24-25H,18-19H2,1-5H3. The Bertz CT molecular complexity index is 901. The van der Waals surface area contributed by atoms with Crippen molar-refractivity contribution in [2.75, 3.05) is 0 Å². The lowest BCUT2D eigenvalue weighted by atomic mass is 9.80. The van der Waals surface area contributed by atoms with Crippen molar-refractivity contribution in [2.24, 2.45) is 17.3 Å². The summed E-state index contributed by atoms with van der Waals surface area (Å²) in [5, 5.41) is 0.305. The monoisotopic (exact) mass is 418 g/mol. The van der Waals surface area contributed by atoms with Gasteiger partial charge in [-0.3, -0.25) is 4.79 Å². The Hall–Kier alpha value is -2.06. The zero-order chi connectivity index (χ0) is 21.7. The first kappa shape index (κ1) is 22.6. The number of carbonyl (C=O) groups is 1. The summed E-state index contributed by atoms with van der Waals surface area (Å²) in [5.74, 6) is 0.615. The maximum Gasteiger partial charge on any atom is 0.196 e. The van der Waals surface area contributed by atoms with Crippen LogP contribution in [0.2, 0.25) is 0 Å². The normalized spacial score (nSPS) is 18.0. The van der Waals surface area contributed by atoms with E-state index in [1.165, 1.54) is 33.4 Å². The van der Waals surface area contributed by atoms with Gasteiger partial charge in [0.25, 0.3) is 0 Å². The average molecular weight is 419 g/mol. The highest BCUT2D eigenvalue weighted by Crippen LogP contribution is 2.46. The molecule has 0 aromatic heterocycles. The first-order valence-electron chi connectivity index (χ1n) is 11.0. The van der Waals surface area contributed by atoms with Crippen LogP contribution >= 0.6 is 11.8 Å². The van der Waals surface area contributed by atoms with Crippen LogP contribution in [0, 0.1) is 17.3 Å². The molecule has 0 heterocycles. The fraction of sp³-hybridized carbons (Fsp3) is 0.393. The second-order valence-corrected chi connectivity index (χ2v) is 10.8. The molecule has 0 fully saturated rings. The summed E-state index contributed by atoms with van der Waals surface area (Å²) in [6.07, 6.45) is 6.31. The quantitative estimate of drug-likeness (QED) is 0.471. The Labute approximate surface area is 186 Å². The van der Waals surface area contributed by atoms with Crippen LogP contribution in [0.15, 0.2) is 77.7 Å². The van der Waals surface area contributed by atoms with Crippen LogP contribution in [0.4, 0.5) is 0 Å². The lowest BCUT2D eigenvalue weighted by molar-refractivity contribution is -0.116. The van der Waals surface area contributed by atoms with Crippen molar-refractivity contribution in [3.05, 3.63) is 88.8 Å². The minimum Gasteiger partial charge on any atom is -0.287 e. The first-order chi connectivity index (χ1) is 14.3. The van der Waals surface area contributed by atoms with Gasteiger partial charge in [0.1, 0.15) is 0 Å². The fourth-order valence-electron chi connectivity index (χ4n) is 4.09. The summed E-state index contributed by atoms with van der Waals surface area (Å²) in [7, 11) is 0. The van der Waals surface area contributed by atoms with E-state index in [-0.39, 0.29) is 17.3 Å². The van der Waals surface area contributed by atoms with Gasteiger partial charge in [-0.2, -0.15) is 0 Å². The zero-order valence-corrected chi connectivity index (χ0v) is 19.7. The minimum absolute atomic E-state index is 0.0573.